The van der Waals surface area contributed by atoms with Gasteiger partial charge in [0.15, 0.2) is 5.82 Å². The van der Waals surface area contributed by atoms with Crippen molar-refractivity contribution in [3.63, 3.8) is 0 Å². The number of aromatic nitrogens is 2. The number of ether oxygens (including phenoxy) is 1. The minimum atomic E-state index is -2.49. The Hall–Kier alpha value is -2.60. The summed E-state index contributed by atoms with van der Waals surface area (Å²) in [7, 11) is 1.34. The third-order valence-corrected chi connectivity index (χ3v) is 7.97. The quantitative estimate of drug-likeness (QED) is 0.405. The number of benzene rings is 2. The maximum atomic E-state index is 12.7. The number of nitrogens with zero attached hydrogens (tertiary/aromatic N) is 3. The molecule has 2 aromatic carbocycles. The first-order chi connectivity index (χ1) is 16.2. The zero-order valence-electron chi connectivity index (χ0n) is 20.0. The second-order valence-electron chi connectivity index (χ2n) is 9.05. The minimum absolute atomic E-state index is 0.368. The number of likely N-dealkylation sites (tertiary alicyclic amines) is 1. The van der Waals surface area contributed by atoms with Crippen molar-refractivity contribution in [2.75, 3.05) is 51.2 Å². The smallest absolute Gasteiger partial charge is 0.229 e. The summed E-state index contributed by atoms with van der Waals surface area (Å²) in [5, 5.41) is 7.59. The van der Waals surface area contributed by atoms with Crippen LogP contribution in [0.25, 0.3) is 0 Å². The molecule has 0 bridgehead atoms. The molecule has 0 saturated carbocycles. The van der Waals surface area contributed by atoms with Crippen LogP contribution in [0.2, 0.25) is 5.02 Å². The standard InChI is InChI=1S/C25H31ClN5O2P/c1-31-13-11-17(12-14-31)18-9-10-20(22(15-18)33-2)29-25-27-16-19(26)24(30-25)28-21-7-5-6-8-23(21)34(3,4)32/h5-10,15-17H,11-14H2,1-4H3,(H2,27,28,29,30). The molecule has 1 saturated heterocycles. The lowest BCUT2D eigenvalue weighted by Gasteiger charge is -2.29. The van der Waals surface area contributed by atoms with Crippen molar-refractivity contribution in [3.05, 3.63) is 59.2 Å². The van der Waals surface area contributed by atoms with Gasteiger partial charge in [0.25, 0.3) is 0 Å². The molecule has 0 unspecified atom stereocenters. The van der Waals surface area contributed by atoms with Gasteiger partial charge >= 0.3 is 0 Å². The van der Waals surface area contributed by atoms with Crippen molar-refractivity contribution in [2.45, 2.75) is 18.8 Å². The van der Waals surface area contributed by atoms with Crippen molar-refractivity contribution < 1.29 is 9.30 Å². The molecule has 0 amide bonds. The topological polar surface area (TPSA) is 79.4 Å². The van der Waals surface area contributed by atoms with Gasteiger partial charge in [-0.25, -0.2) is 4.98 Å². The second-order valence-corrected chi connectivity index (χ2v) is 12.6. The highest BCUT2D eigenvalue weighted by atomic mass is 35.5. The van der Waals surface area contributed by atoms with Crippen molar-refractivity contribution in [1.29, 1.82) is 0 Å². The van der Waals surface area contributed by atoms with E-state index in [-0.39, 0.29) is 0 Å². The van der Waals surface area contributed by atoms with Crippen LogP contribution < -0.4 is 20.7 Å². The average Bonchev–Trinajstić information content (AvgIpc) is 2.81. The predicted octanol–water partition coefficient (Wildman–Crippen LogP) is 5.68. The number of piperidine rings is 1. The lowest BCUT2D eigenvalue weighted by Crippen LogP contribution is -2.29. The Morgan fingerprint density at radius 2 is 1.82 bits per heavy atom. The highest BCUT2D eigenvalue weighted by Gasteiger charge is 2.20. The summed E-state index contributed by atoms with van der Waals surface area (Å²) >= 11 is 6.38. The fourth-order valence-corrected chi connectivity index (χ4v) is 5.51. The molecule has 7 nitrogen and oxygen atoms in total. The zero-order chi connectivity index (χ0) is 24.3. The van der Waals surface area contributed by atoms with Crippen LogP contribution in [0.15, 0.2) is 48.7 Å². The summed E-state index contributed by atoms with van der Waals surface area (Å²) in [4.78, 5) is 11.3. The highest BCUT2D eigenvalue weighted by molar-refractivity contribution is 7.70. The van der Waals surface area contributed by atoms with Crippen LogP contribution in [0.4, 0.5) is 23.1 Å². The molecule has 0 radical (unpaired) electrons. The Kier molecular flexibility index (Phi) is 7.46. The molecular weight excluding hydrogens is 469 g/mol. The first-order valence-electron chi connectivity index (χ1n) is 11.3. The number of anilines is 4. The van der Waals surface area contributed by atoms with E-state index in [1.165, 1.54) is 5.56 Å². The summed E-state index contributed by atoms with van der Waals surface area (Å²) in [6.45, 7) is 5.69. The molecule has 1 aliphatic heterocycles. The third-order valence-electron chi connectivity index (χ3n) is 6.14. The van der Waals surface area contributed by atoms with Crippen LogP contribution in [-0.4, -0.2) is 55.4 Å². The number of rotatable bonds is 7. The lowest BCUT2D eigenvalue weighted by molar-refractivity contribution is 0.255. The Balaban J connectivity index is 1.56. The largest absolute Gasteiger partial charge is 0.495 e. The van der Waals surface area contributed by atoms with Gasteiger partial charge in [-0.1, -0.05) is 29.8 Å². The summed E-state index contributed by atoms with van der Waals surface area (Å²) in [5.74, 6) is 2.09. The van der Waals surface area contributed by atoms with Gasteiger partial charge in [0.1, 0.15) is 17.9 Å². The fourth-order valence-electron chi connectivity index (χ4n) is 4.22. The minimum Gasteiger partial charge on any atom is -0.495 e. The maximum Gasteiger partial charge on any atom is 0.229 e. The predicted molar refractivity (Wildman–Crippen MR) is 142 cm³/mol. The van der Waals surface area contributed by atoms with E-state index in [1.807, 2.05) is 30.3 Å². The summed E-state index contributed by atoms with van der Waals surface area (Å²) < 4.78 is 18.4. The molecule has 34 heavy (non-hydrogen) atoms. The monoisotopic (exact) mass is 499 g/mol. The van der Waals surface area contributed by atoms with E-state index in [4.69, 9.17) is 16.3 Å². The van der Waals surface area contributed by atoms with Gasteiger partial charge in [-0.15, -0.1) is 0 Å². The first kappa shape index (κ1) is 24.5. The highest BCUT2D eigenvalue weighted by Crippen LogP contribution is 2.39. The molecule has 1 aliphatic rings. The first-order valence-corrected chi connectivity index (χ1v) is 14.3. The van der Waals surface area contributed by atoms with Crippen LogP contribution >= 0.6 is 18.7 Å². The molecule has 4 rings (SSSR count). The van der Waals surface area contributed by atoms with E-state index >= 15 is 0 Å². The molecule has 1 aromatic heterocycles. The van der Waals surface area contributed by atoms with E-state index in [2.05, 4.69) is 44.7 Å². The van der Waals surface area contributed by atoms with Gasteiger partial charge in [0.2, 0.25) is 5.95 Å². The van der Waals surface area contributed by atoms with Crippen molar-refractivity contribution in [3.8, 4) is 5.75 Å². The van der Waals surface area contributed by atoms with E-state index < -0.39 is 7.14 Å². The van der Waals surface area contributed by atoms with Crippen molar-refractivity contribution >= 4 is 47.2 Å². The van der Waals surface area contributed by atoms with Gasteiger partial charge in [-0.2, -0.15) is 4.98 Å². The molecule has 3 aromatic rings. The van der Waals surface area contributed by atoms with E-state index in [1.54, 1.807) is 26.6 Å². The summed E-state index contributed by atoms with van der Waals surface area (Å²) in [5.41, 5.74) is 2.77. The average molecular weight is 500 g/mol. The Morgan fingerprint density at radius 1 is 1.09 bits per heavy atom. The number of methoxy groups -OCH3 is 1. The summed E-state index contributed by atoms with van der Waals surface area (Å²) in [6, 6.07) is 13.7. The van der Waals surface area contributed by atoms with Crippen LogP contribution in [0.3, 0.4) is 0 Å². The lowest BCUT2D eigenvalue weighted by atomic mass is 9.89. The molecule has 180 valence electrons. The normalized spacial score (nSPS) is 15.2. The molecule has 2 N–H and O–H groups in total. The molecule has 2 heterocycles. The maximum absolute atomic E-state index is 12.7. The van der Waals surface area contributed by atoms with Crippen molar-refractivity contribution in [2.24, 2.45) is 0 Å². The molecule has 0 aliphatic carbocycles. The van der Waals surface area contributed by atoms with Crippen LogP contribution in [0.5, 0.6) is 5.75 Å². The third kappa shape index (κ3) is 5.72. The van der Waals surface area contributed by atoms with E-state index in [0.717, 1.165) is 42.7 Å². The SMILES string of the molecule is COc1cc(C2CCN(C)CC2)ccc1Nc1ncc(Cl)c(Nc2ccccc2P(C)(C)=O)n1. The molecular formula is C25H31ClN5O2P. The van der Waals surface area contributed by atoms with Crippen LogP contribution in [-0.2, 0) is 4.57 Å². The number of nitrogens with one attached hydrogen (secondary N) is 2. The van der Waals surface area contributed by atoms with Gasteiger partial charge in [-0.05, 0) is 82.1 Å². The molecule has 0 spiro atoms. The number of hydrogen-bond acceptors (Lipinski definition) is 7. The van der Waals surface area contributed by atoms with Gasteiger partial charge in [0, 0.05) is 5.30 Å². The van der Waals surface area contributed by atoms with Gasteiger partial charge in [0.05, 0.1) is 24.7 Å². The van der Waals surface area contributed by atoms with E-state index in [9.17, 15) is 4.57 Å². The van der Waals surface area contributed by atoms with Crippen molar-refractivity contribution in [1.82, 2.24) is 14.9 Å². The zero-order valence-corrected chi connectivity index (χ0v) is 21.7. The Bertz CT molecular complexity index is 1210. The van der Waals surface area contributed by atoms with Crippen LogP contribution in [0.1, 0.15) is 24.3 Å². The Labute approximate surface area is 206 Å². The number of halogens is 1. The molecule has 0 atom stereocenters. The molecule has 1 fully saturated rings. The van der Waals surface area contributed by atoms with Gasteiger partial charge < -0.3 is 24.8 Å². The summed E-state index contributed by atoms with van der Waals surface area (Å²) in [6.07, 6.45) is 3.83. The van der Waals surface area contributed by atoms with E-state index in [0.29, 0.717) is 28.4 Å². The second kappa shape index (κ2) is 10.3. The number of hydrogen-bond donors (Lipinski definition) is 2. The fraction of sp³-hybridized carbons (Fsp3) is 0.360. The van der Waals surface area contributed by atoms with Gasteiger partial charge in [-0.3, -0.25) is 0 Å². The Morgan fingerprint density at radius 3 is 2.53 bits per heavy atom. The number of para-hydroxylation sites is 1. The van der Waals surface area contributed by atoms with Crippen LogP contribution in [0, 0.1) is 0 Å². The molecule has 9 heteroatoms.